The number of hydrogen-bond donors (Lipinski definition) is 1. The Morgan fingerprint density at radius 3 is 2.70 bits per heavy atom. The van der Waals surface area contributed by atoms with E-state index in [-0.39, 0.29) is 16.3 Å². The summed E-state index contributed by atoms with van der Waals surface area (Å²) in [5.74, 6) is -1.47. The van der Waals surface area contributed by atoms with Gasteiger partial charge >= 0.3 is 0 Å². The molecule has 0 fully saturated rings. The lowest BCUT2D eigenvalue weighted by Gasteiger charge is -2.06. The van der Waals surface area contributed by atoms with Gasteiger partial charge in [0, 0.05) is 6.07 Å². The summed E-state index contributed by atoms with van der Waals surface area (Å²) < 4.78 is 12.6. The average Bonchev–Trinajstić information content (AvgIpc) is 2.40. The number of carbonyl (C=O) groups is 1. The second kappa shape index (κ2) is 5.62. The highest BCUT2D eigenvalue weighted by Crippen LogP contribution is 2.27. The summed E-state index contributed by atoms with van der Waals surface area (Å²) in [4.78, 5) is 25.6. The highest BCUT2D eigenvalue weighted by molar-refractivity contribution is 6.35. The Balaban J connectivity index is 2.34. The molecule has 0 aliphatic heterocycles. The van der Waals surface area contributed by atoms with Gasteiger partial charge in [0.2, 0.25) is 5.95 Å². The Morgan fingerprint density at radius 2 is 2.10 bits per heavy atom. The van der Waals surface area contributed by atoms with Crippen molar-refractivity contribution in [3.63, 3.8) is 0 Å². The van der Waals surface area contributed by atoms with Gasteiger partial charge in [-0.05, 0) is 18.2 Å². The van der Waals surface area contributed by atoms with Crippen LogP contribution in [0.4, 0.5) is 15.8 Å². The van der Waals surface area contributed by atoms with Crippen LogP contribution in [0.3, 0.4) is 0 Å². The molecule has 0 saturated heterocycles. The van der Waals surface area contributed by atoms with E-state index in [1.54, 1.807) is 0 Å². The zero-order chi connectivity index (χ0) is 14.7. The van der Waals surface area contributed by atoms with Crippen LogP contribution in [0.1, 0.15) is 10.4 Å². The van der Waals surface area contributed by atoms with Crippen LogP contribution in [0.5, 0.6) is 0 Å². The van der Waals surface area contributed by atoms with Crippen molar-refractivity contribution in [1.82, 2.24) is 4.98 Å². The topological polar surface area (TPSA) is 85.1 Å². The first-order chi connectivity index (χ1) is 9.49. The molecule has 0 bridgehead atoms. The second-order valence-electron chi connectivity index (χ2n) is 3.71. The maximum absolute atomic E-state index is 12.6. The average molecular weight is 296 g/mol. The summed E-state index contributed by atoms with van der Waals surface area (Å²) in [6.45, 7) is 0. The Kier molecular flexibility index (Phi) is 3.90. The van der Waals surface area contributed by atoms with E-state index in [1.165, 1.54) is 24.3 Å². The Bertz CT molecular complexity index is 676. The van der Waals surface area contributed by atoms with Gasteiger partial charge in [-0.1, -0.05) is 17.7 Å². The zero-order valence-electron chi connectivity index (χ0n) is 9.84. The van der Waals surface area contributed by atoms with Gasteiger partial charge in [0.25, 0.3) is 11.6 Å². The minimum Gasteiger partial charge on any atom is -0.320 e. The SMILES string of the molecule is O=C(Nc1ccc(F)nc1)c1c(Cl)cccc1[N+](=O)[O-]. The predicted octanol–water partition coefficient (Wildman–Crippen LogP) is 3.03. The van der Waals surface area contributed by atoms with Crippen molar-refractivity contribution in [2.75, 3.05) is 5.32 Å². The fourth-order valence-corrected chi connectivity index (χ4v) is 1.79. The Hall–Kier alpha value is -2.54. The first-order valence-corrected chi connectivity index (χ1v) is 5.72. The molecule has 6 nitrogen and oxygen atoms in total. The molecule has 0 aliphatic rings. The fraction of sp³-hybridized carbons (Fsp3) is 0. The summed E-state index contributed by atoms with van der Waals surface area (Å²) in [6, 6.07) is 6.24. The smallest absolute Gasteiger partial charge is 0.283 e. The molecule has 1 N–H and O–H groups in total. The molecule has 2 rings (SSSR count). The third-order valence-electron chi connectivity index (χ3n) is 2.40. The molecular formula is C12H7ClFN3O3. The van der Waals surface area contributed by atoms with E-state index in [1.807, 2.05) is 0 Å². The molecule has 0 saturated carbocycles. The standard InChI is InChI=1S/C12H7ClFN3O3/c13-8-2-1-3-9(17(19)20)11(8)12(18)16-7-4-5-10(14)15-6-7/h1-6H,(H,16,18). The molecule has 20 heavy (non-hydrogen) atoms. The van der Waals surface area contributed by atoms with Crippen molar-refractivity contribution < 1.29 is 14.1 Å². The number of nitrogens with one attached hydrogen (secondary N) is 1. The number of nitro benzene ring substituents is 1. The van der Waals surface area contributed by atoms with Gasteiger partial charge in [-0.15, -0.1) is 0 Å². The van der Waals surface area contributed by atoms with E-state index in [2.05, 4.69) is 10.3 Å². The van der Waals surface area contributed by atoms with Crippen molar-refractivity contribution in [2.24, 2.45) is 0 Å². The highest BCUT2D eigenvalue weighted by Gasteiger charge is 2.23. The molecule has 0 atom stereocenters. The van der Waals surface area contributed by atoms with Gasteiger partial charge in [0.1, 0.15) is 5.56 Å². The number of benzene rings is 1. The number of anilines is 1. The van der Waals surface area contributed by atoms with Crippen molar-refractivity contribution in [3.05, 3.63) is 63.2 Å². The zero-order valence-corrected chi connectivity index (χ0v) is 10.6. The number of carbonyl (C=O) groups excluding carboxylic acids is 1. The predicted molar refractivity (Wildman–Crippen MR) is 70.3 cm³/mol. The lowest BCUT2D eigenvalue weighted by molar-refractivity contribution is -0.385. The molecule has 1 aromatic heterocycles. The molecule has 8 heteroatoms. The lowest BCUT2D eigenvalue weighted by atomic mass is 10.1. The van der Waals surface area contributed by atoms with Gasteiger partial charge < -0.3 is 5.32 Å². The maximum atomic E-state index is 12.6. The minimum atomic E-state index is -0.768. The highest BCUT2D eigenvalue weighted by atomic mass is 35.5. The Labute approximate surface area is 117 Å². The second-order valence-corrected chi connectivity index (χ2v) is 4.12. The number of nitro groups is 1. The van der Waals surface area contributed by atoms with Crippen molar-refractivity contribution in [3.8, 4) is 0 Å². The van der Waals surface area contributed by atoms with Gasteiger partial charge in [0.15, 0.2) is 0 Å². The van der Waals surface area contributed by atoms with Crippen molar-refractivity contribution in [1.29, 1.82) is 0 Å². The van der Waals surface area contributed by atoms with E-state index in [0.717, 1.165) is 12.3 Å². The van der Waals surface area contributed by atoms with E-state index < -0.39 is 22.5 Å². The summed E-state index contributed by atoms with van der Waals surface area (Å²) in [5.41, 5.74) is -0.473. The van der Waals surface area contributed by atoms with Crippen LogP contribution in [0.15, 0.2) is 36.5 Å². The van der Waals surface area contributed by atoms with Gasteiger partial charge in [0.05, 0.1) is 21.8 Å². The number of rotatable bonds is 3. The van der Waals surface area contributed by atoms with Crippen LogP contribution in [-0.4, -0.2) is 15.8 Å². The molecular weight excluding hydrogens is 289 g/mol. The number of halogens is 2. The Morgan fingerprint density at radius 1 is 1.35 bits per heavy atom. The fourth-order valence-electron chi connectivity index (χ4n) is 1.53. The summed E-state index contributed by atoms with van der Waals surface area (Å²) >= 11 is 5.82. The van der Waals surface area contributed by atoms with Crippen LogP contribution >= 0.6 is 11.6 Å². The third-order valence-corrected chi connectivity index (χ3v) is 2.72. The quantitative estimate of drug-likeness (QED) is 0.536. The molecule has 2 aromatic rings. The van der Waals surface area contributed by atoms with Crippen LogP contribution < -0.4 is 5.32 Å². The van der Waals surface area contributed by atoms with Crippen molar-refractivity contribution >= 4 is 28.9 Å². The number of aromatic nitrogens is 1. The molecule has 1 amide bonds. The van der Waals surface area contributed by atoms with Gasteiger partial charge in [-0.2, -0.15) is 4.39 Å². The van der Waals surface area contributed by atoms with E-state index in [9.17, 15) is 19.3 Å². The first kappa shape index (κ1) is 13.9. The monoisotopic (exact) mass is 295 g/mol. The number of amides is 1. The van der Waals surface area contributed by atoms with Crippen LogP contribution in [-0.2, 0) is 0 Å². The van der Waals surface area contributed by atoms with Crippen LogP contribution in [0, 0.1) is 16.1 Å². The molecule has 0 aliphatic carbocycles. The van der Waals surface area contributed by atoms with E-state index in [0.29, 0.717) is 0 Å². The lowest BCUT2D eigenvalue weighted by Crippen LogP contribution is -2.14. The van der Waals surface area contributed by atoms with Crippen molar-refractivity contribution in [2.45, 2.75) is 0 Å². The molecule has 1 heterocycles. The van der Waals surface area contributed by atoms with Gasteiger partial charge in [-0.25, -0.2) is 4.98 Å². The number of nitrogens with zero attached hydrogens (tertiary/aromatic N) is 2. The molecule has 0 radical (unpaired) electrons. The number of pyridine rings is 1. The summed E-state index contributed by atoms with van der Waals surface area (Å²) in [5, 5.41) is 13.2. The normalized spacial score (nSPS) is 10.1. The number of hydrogen-bond acceptors (Lipinski definition) is 4. The summed E-state index contributed by atoms with van der Waals surface area (Å²) in [7, 11) is 0. The van der Waals surface area contributed by atoms with E-state index >= 15 is 0 Å². The van der Waals surface area contributed by atoms with E-state index in [4.69, 9.17) is 11.6 Å². The largest absolute Gasteiger partial charge is 0.320 e. The van der Waals surface area contributed by atoms with Crippen LogP contribution in [0.2, 0.25) is 5.02 Å². The van der Waals surface area contributed by atoms with Crippen LogP contribution in [0.25, 0.3) is 0 Å². The summed E-state index contributed by atoms with van der Waals surface area (Å²) in [6.07, 6.45) is 1.09. The molecule has 102 valence electrons. The first-order valence-electron chi connectivity index (χ1n) is 5.35. The molecule has 1 aromatic carbocycles. The minimum absolute atomic E-state index is 0.0493. The maximum Gasteiger partial charge on any atom is 0.283 e. The molecule has 0 unspecified atom stereocenters. The third kappa shape index (κ3) is 2.89. The molecule has 0 spiro atoms. The van der Waals surface area contributed by atoms with Gasteiger partial charge in [-0.3, -0.25) is 14.9 Å².